The predicted molar refractivity (Wildman–Crippen MR) is 125 cm³/mol. The van der Waals surface area contributed by atoms with Gasteiger partial charge in [0.05, 0.1) is 0 Å². The highest BCUT2D eigenvalue weighted by molar-refractivity contribution is 5.86. The number of carboxylic acids is 1. The van der Waals surface area contributed by atoms with Crippen LogP contribution < -0.4 is 9.47 Å². The van der Waals surface area contributed by atoms with Gasteiger partial charge in [-0.2, -0.15) is 0 Å². The Kier molecular flexibility index (Phi) is 7.35. The monoisotopic (exact) mass is 470 g/mol. The van der Waals surface area contributed by atoms with E-state index < -0.39 is 12.3 Å². The Morgan fingerprint density at radius 1 is 0.941 bits per heavy atom. The van der Waals surface area contributed by atoms with E-state index in [1.54, 1.807) is 24.3 Å². The summed E-state index contributed by atoms with van der Waals surface area (Å²) >= 11 is 0. The Morgan fingerprint density at radius 3 is 2.24 bits per heavy atom. The van der Waals surface area contributed by atoms with Crippen LogP contribution in [0.3, 0.4) is 0 Å². The zero-order valence-corrected chi connectivity index (χ0v) is 19.0. The first-order valence-corrected chi connectivity index (χ1v) is 10.5. The van der Waals surface area contributed by atoms with Gasteiger partial charge >= 0.3 is 12.3 Å². The third kappa shape index (κ3) is 7.13. The largest absolute Gasteiger partial charge is 0.573 e. The zero-order chi connectivity index (χ0) is 24.9. The fourth-order valence-electron chi connectivity index (χ4n) is 3.29. The molecule has 0 aromatic heterocycles. The van der Waals surface area contributed by atoms with Crippen LogP contribution in [-0.2, 0) is 16.8 Å². The zero-order valence-electron chi connectivity index (χ0n) is 19.0. The van der Waals surface area contributed by atoms with Crippen molar-refractivity contribution in [3.63, 3.8) is 0 Å². The third-order valence-electron chi connectivity index (χ3n) is 5.03. The fourth-order valence-corrected chi connectivity index (χ4v) is 3.29. The molecule has 3 rings (SSSR count). The maximum atomic E-state index is 12.6. The first kappa shape index (κ1) is 24.9. The van der Waals surface area contributed by atoms with Crippen LogP contribution in [-0.4, -0.2) is 17.4 Å². The Hall–Kier alpha value is -3.74. The van der Waals surface area contributed by atoms with Crippen LogP contribution in [0.4, 0.5) is 13.2 Å². The molecule has 3 aromatic rings. The molecule has 0 saturated heterocycles. The van der Waals surface area contributed by atoms with Gasteiger partial charge in [-0.1, -0.05) is 63.2 Å². The molecule has 0 fully saturated rings. The van der Waals surface area contributed by atoms with Gasteiger partial charge in [0.25, 0.3) is 0 Å². The molecule has 0 aliphatic rings. The Labute approximate surface area is 196 Å². The van der Waals surface area contributed by atoms with Crippen molar-refractivity contribution < 1.29 is 32.5 Å². The average molecular weight is 470 g/mol. The first-order chi connectivity index (χ1) is 15.9. The second kappa shape index (κ2) is 10.0. The molecule has 0 aliphatic heterocycles. The molecule has 4 nitrogen and oxygen atoms in total. The molecule has 0 spiro atoms. The average Bonchev–Trinajstić information content (AvgIpc) is 2.75. The second-order valence-electron chi connectivity index (χ2n) is 8.74. The van der Waals surface area contributed by atoms with Crippen molar-refractivity contribution in [3.05, 3.63) is 89.5 Å². The summed E-state index contributed by atoms with van der Waals surface area (Å²) in [5, 5.41) is 9.05. The summed E-state index contributed by atoms with van der Waals surface area (Å²) in [7, 11) is 0. The van der Waals surface area contributed by atoms with Crippen molar-refractivity contribution in [2.45, 2.75) is 39.2 Å². The summed E-state index contributed by atoms with van der Waals surface area (Å²) < 4.78 is 47.7. The number of halogens is 3. The minimum atomic E-state index is -4.79. The van der Waals surface area contributed by atoms with Crippen LogP contribution in [0.1, 0.15) is 37.5 Å². The quantitative estimate of drug-likeness (QED) is 0.370. The van der Waals surface area contributed by atoms with Gasteiger partial charge < -0.3 is 14.6 Å². The van der Waals surface area contributed by atoms with Gasteiger partial charge in [-0.15, -0.1) is 13.2 Å². The van der Waals surface area contributed by atoms with E-state index >= 15 is 0 Å². The first-order valence-electron chi connectivity index (χ1n) is 10.5. The smallest absolute Gasteiger partial charge is 0.488 e. The van der Waals surface area contributed by atoms with Crippen LogP contribution >= 0.6 is 0 Å². The molecule has 0 bridgehead atoms. The minimum Gasteiger partial charge on any atom is -0.488 e. The van der Waals surface area contributed by atoms with Gasteiger partial charge in [-0.3, -0.25) is 0 Å². The van der Waals surface area contributed by atoms with E-state index in [1.165, 1.54) is 29.8 Å². The molecule has 0 heterocycles. The number of aliphatic carboxylic acids is 1. The molecule has 34 heavy (non-hydrogen) atoms. The van der Waals surface area contributed by atoms with Gasteiger partial charge in [-0.05, 0) is 58.0 Å². The van der Waals surface area contributed by atoms with E-state index in [0.717, 1.165) is 11.6 Å². The summed E-state index contributed by atoms with van der Waals surface area (Å²) in [6.45, 7) is 6.66. The molecule has 178 valence electrons. The predicted octanol–water partition coefficient (Wildman–Crippen LogP) is 7.23. The number of hydrogen-bond donors (Lipinski definition) is 1. The fraction of sp³-hybridized carbons (Fsp3) is 0.222. The van der Waals surface area contributed by atoms with E-state index in [4.69, 9.17) is 9.84 Å². The molecular formula is C27H25F3O4. The molecule has 0 radical (unpaired) electrons. The second-order valence-corrected chi connectivity index (χ2v) is 8.74. The summed E-state index contributed by atoms with van der Waals surface area (Å²) in [6.07, 6.45) is -2.43. The van der Waals surface area contributed by atoms with Crippen molar-refractivity contribution in [3.8, 4) is 22.6 Å². The van der Waals surface area contributed by atoms with Gasteiger partial charge in [0, 0.05) is 11.6 Å². The van der Waals surface area contributed by atoms with E-state index in [-0.39, 0.29) is 17.8 Å². The standard InChI is InChI=1S/C27H25F3O4/c1-26(2,3)22-11-7-18(8-12-22)17-33-24-13-9-20(15-21(24)10-14-25(31)32)19-5-4-6-23(16-19)34-27(28,29)30/h4-16H,17H2,1-3H3,(H,31,32)/b14-10+. The lowest BCUT2D eigenvalue weighted by atomic mass is 9.87. The van der Waals surface area contributed by atoms with Gasteiger partial charge in [-0.25, -0.2) is 4.79 Å². The van der Waals surface area contributed by atoms with E-state index in [0.29, 0.717) is 22.4 Å². The van der Waals surface area contributed by atoms with Crippen LogP contribution in [0.5, 0.6) is 11.5 Å². The topological polar surface area (TPSA) is 55.8 Å². The SMILES string of the molecule is CC(C)(C)c1ccc(COc2ccc(-c3cccc(OC(F)(F)F)c3)cc2/C=C/C(=O)O)cc1. The van der Waals surface area contributed by atoms with Crippen LogP contribution in [0, 0.1) is 0 Å². The summed E-state index contributed by atoms with van der Waals surface area (Å²) in [4.78, 5) is 11.1. The number of carbonyl (C=O) groups is 1. The van der Waals surface area contributed by atoms with E-state index in [9.17, 15) is 18.0 Å². The maximum Gasteiger partial charge on any atom is 0.573 e. The number of rotatable bonds is 7. The Bertz CT molecular complexity index is 1170. The lowest BCUT2D eigenvalue weighted by Crippen LogP contribution is -2.17. The van der Waals surface area contributed by atoms with Crippen molar-refractivity contribution in [2.75, 3.05) is 0 Å². The maximum absolute atomic E-state index is 12.6. The molecule has 0 atom stereocenters. The van der Waals surface area contributed by atoms with Crippen molar-refractivity contribution in [1.29, 1.82) is 0 Å². The molecular weight excluding hydrogens is 445 g/mol. The van der Waals surface area contributed by atoms with Crippen molar-refractivity contribution in [1.82, 2.24) is 0 Å². The normalized spacial score (nSPS) is 12.1. The highest BCUT2D eigenvalue weighted by Crippen LogP contribution is 2.32. The van der Waals surface area contributed by atoms with Crippen molar-refractivity contribution in [2.24, 2.45) is 0 Å². The number of hydrogen-bond acceptors (Lipinski definition) is 3. The minimum absolute atomic E-state index is 0.0342. The lowest BCUT2D eigenvalue weighted by molar-refractivity contribution is -0.274. The molecule has 0 aliphatic carbocycles. The number of benzene rings is 3. The summed E-state index contributed by atoms with van der Waals surface area (Å²) in [5.74, 6) is -1.02. The molecule has 7 heteroatoms. The molecule has 0 amide bonds. The lowest BCUT2D eigenvalue weighted by Gasteiger charge is -2.19. The Morgan fingerprint density at radius 2 is 1.62 bits per heavy atom. The highest BCUT2D eigenvalue weighted by atomic mass is 19.4. The number of ether oxygens (including phenoxy) is 2. The summed E-state index contributed by atoms with van der Waals surface area (Å²) in [6, 6.07) is 18.6. The number of alkyl halides is 3. The van der Waals surface area contributed by atoms with E-state index in [1.807, 2.05) is 24.3 Å². The molecule has 0 saturated carbocycles. The van der Waals surface area contributed by atoms with Gasteiger partial charge in [0.2, 0.25) is 0 Å². The number of carboxylic acid groups (broad SMARTS) is 1. The van der Waals surface area contributed by atoms with Crippen LogP contribution in [0.25, 0.3) is 17.2 Å². The Balaban J connectivity index is 1.86. The summed E-state index contributed by atoms with van der Waals surface area (Å²) in [5.41, 5.74) is 3.72. The molecule has 0 unspecified atom stereocenters. The van der Waals surface area contributed by atoms with Gasteiger partial charge in [0.15, 0.2) is 0 Å². The molecule has 3 aromatic carbocycles. The van der Waals surface area contributed by atoms with E-state index in [2.05, 4.69) is 25.5 Å². The van der Waals surface area contributed by atoms with Gasteiger partial charge in [0.1, 0.15) is 18.1 Å². The third-order valence-corrected chi connectivity index (χ3v) is 5.03. The van der Waals surface area contributed by atoms with Crippen LogP contribution in [0.2, 0.25) is 0 Å². The van der Waals surface area contributed by atoms with Crippen LogP contribution in [0.15, 0.2) is 72.8 Å². The van der Waals surface area contributed by atoms with Crippen molar-refractivity contribution >= 4 is 12.0 Å². The molecule has 1 N–H and O–H groups in total. The highest BCUT2D eigenvalue weighted by Gasteiger charge is 2.31.